The normalized spacial score (nSPS) is 13.8. The van der Waals surface area contributed by atoms with Gasteiger partial charge in [0.1, 0.15) is 0 Å². The maximum absolute atomic E-state index is 6.50. The minimum Gasteiger partial charge on any atom is -0.146 e. The Morgan fingerprint density at radius 2 is 1.33 bits per heavy atom. The van der Waals surface area contributed by atoms with Gasteiger partial charge in [0.25, 0.3) is 6.69 Å². The summed E-state index contributed by atoms with van der Waals surface area (Å²) < 4.78 is 0. The topological polar surface area (TPSA) is 0 Å². The molecule has 0 saturated carbocycles. The Morgan fingerprint density at radius 3 is 1.83 bits per heavy atom. The second kappa shape index (κ2) is 11.6. The van der Waals surface area contributed by atoms with Crippen LogP contribution in [0.3, 0.4) is 0 Å². The van der Waals surface area contributed by atoms with Crippen molar-refractivity contribution in [1.82, 2.24) is 0 Å². The van der Waals surface area contributed by atoms with E-state index < -0.39 is 6.69 Å². The number of hydrogen-bond acceptors (Lipinski definition) is 0. The molecule has 1 unspecified atom stereocenters. The molecule has 3 heteroatoms. The summed E-state index contributed by atoms with van der Waals surface area (Å²) in [5, 5.41) is 0. The molecule has 0 aliphatic rings. The molecule has 1 atom stereocenters. The third-order valence-corrected chi connectivity index (χ3v) is 8.18. The highest BCUT2D eigenvalue weighted by Crippen LogP contribution is 2.32. The molecular formula is C15H32Cl2Si. The van der Waals surface area contributed by atoms with E-state index in [9.17, 15) is 0 Å². The molecule has 0 rings (SSSR count). The van der Waals surface area contributed by atoms with Crippen LogP contribution < -0.4 is 0 Å². The van der Waals surface area contributed by atoms with Crippen LogP contribution in [0, 0.1) is 5.92 Å². The first kappa shape index (κ1) is 18.8. The summed E-state index contributed by atoms with van der Waals surface area (Å²) in [6.07, 6.45) is 12.1. The molecule has 0 aliphatic carbocycles. The average Bonchev–Trinajstić information content (AvgIpc) is 2.31. The summed E-state index contributed by atoms with van der Waals surface area (Å²) in [6.45, 7) is 4.83. The molecule has 0 heterocycles. The van der Waals surface area contributed by atoms with Crippen molar-refractivity contribution in [3.05, 3.63) is 0 Å². The molecule has 0 aromatic rings. The summed E-state index contributed by atoms with van der Waals surface area (Å²) in [5.41, 5.74) is 0. The summed E-state index contributed by atoms with van der Waals surface area (Å²) >= 11 is 13.0. The Balaban J connectivity index is 3.41. The fraction of sp³-hybridized carbons (Fsp3) is 1.00. The van der Waals surface area contributed by atoms with Crippen LogP contribution >= 0.6 is 22.2 Å². The largest absolute Gasteiger partial charge is 0.251 e. The zero-order valence-electron chi connectivity index (χ0n) is 12.6. The number of rotatable bonds is 12. The number of unbranched alkanes of at least 4 members (excludes halogenated alkanes) is 7. The molecule has 0 fully saturated rings. The van der Waals surface area contributed by atoms with Crippen molar-refractivity contribution in [3.63, 3.8) is 0 Å². The van der Waals surface area contributed by atoms with E-state index in [-0.39, 0.29) is 0 Å². The number of hydrogen-bond donors (Lipinski definition) is 0. The van der Waals surface area contributed by atoms with Crippen molar-refractivity contribution in [3.8, 4) is 0 Å². The second-order valence-electron chi connectivity index (χ2n) is 5.80. The molecular weight excluding hydrogens is 279 g/mol. The van der Waals surface area contributed by atoms with Gasteiger partial charge in [-0.1, -0.05) is 78.6 Å². The van der Waals surface area contributed by atoms with E-state index in [2.05, 4.69) is 20.8 Å². The third kappa shape index (κ3) is 11.9. The Hall–Kier alpha value is 0.797. The van der Waals surface area contributed by atoms with E-state index in [4.69, 9.17) is 22.2 Å². The van der Waals surface area contributed by atoms with Crippen LogP contribution in [0.4, 0.5) is 0 Å². The van der Waals surface area contributed by atoms with Crippen molar-refractivity contribution in [1.29, 1.82) is 0 Å². The Kier molecular flexibility index (Phi) is 12.1. The van der Waals surface area contributed by atoms with Crippen LogP contribution in [0.15, 0.2) is 0 Å². The first-order valence-electron chi connectivity index (χ1n) is 7.89. The van der Waals surface area contributed by atoms with Crippen molar-refractivity contribution in [2.45, 2.75) is 90.6 Å². The minimum absolute atomic E-state index is 0.695. The minimum atomic E-state index is -1.92. The predicted molar refractivity (Wildman–Crippen MR) is 89.1 cm³/mol. The van der Waals surface area contributed by atoms with Gasteiger partial charge in [-0.15, -0.1) is 22.2 Å². The zero-order chi connectivity index (χ0) is 13.9. The van der Waals surface area contributed by atoms with Gasteiger partial charge in [0.05, 0.1) is 0 Å². The fourth-order valence-electron chi connectivity index (χ4n) is 2.27. The standard InChI is InChI=1S/C15H32Cl2Si/c1-4-6-7-8-9-10-11-12-13-18(16,17)14-15(3)5-2/h15H,4-14H2,1-3H3. The summed E-state index contributed by atoms with van der Waals surface area (Å²) in [4.78, 5) is 0. The zero-order valence-corrected chi connectivity index (χ0v) is 15.1. The summed E-state index contributed by atoms with van der Waals surface area (Å²) in [7, 11) is 0. The third-order valence-electron chi connectivity index (χ3n) is 3.74. The van der Waals surface area contributed by atoms with E-state index in [1.807, 2.05) is 0 Å². The van der Waals surface area contributed by atoms with E-state index in [0.29, 0.717) is 5.92 Å². The molecule has 18 heavy (non-hydrogen) atoms. The van der Waals surface area contributed by atoms with Gasteiger partial charge in [-0.2, -0.15) is 0 Å². The smallest absolute Gasteiger partial charge is 0.146 e. The Labute approximate surface area is 125 Å². The molecule has 0 radical (unpaired) electrons. The molecule has 0 aliphatic heterocycles. The monoisotopic (exact) mass is 310 g/mol. The fourth-order valence-corrected chi connectivity index (χ4v) is 6.94. The lowest BCUT2D eigenvalue weighted by Crippen LogP contribution is -2.21. The molecule has 0 saturated heterocycles. The van der Waals surface area contributed by atoms with Gasteiger partial charge in [0.15, 0.2) is 0 Å². The van der Waals surface area contributed by atoms with E-state index >= 15 is 0 Å². The quantitative estimate of drug-likeness (QED) is 0.205. The molecule has 0 nitrogen and oxygen atoms in total. The average molecular weight is 311 g/mol. The van der Waals surface area contributed by atoms with Gasteiger partial charge in [-0.05, 0) is 18.0 Å². The van der Waals surface area contributed by atoms with E-state index in [1.165, 1.54) is 57.8 Å². The first-order chi connectivity index (χ1) is 8.52. The summed E-state index contributed by atoms with van der Waals surface area (Å²) in [5.74, 6) is 0.695. The van der Waals surface area contributed by atoms with Gasteiger partial charge in [0, 0.05) is 0 Å². The molecule has 0 amide bonds. The summed E-state index contributed by atoms with van der Waals surface area (Å²) in [6, 6.07) is 2.17. The van der Waals surface area contributed by atoms with Crippen LogP contribution in [0.25, 0.3) is 0 Å². The Morgan fingerprint density at radius 1 is 0.833 bits per heavy atom. The molecule has 0 bridgehead atoms. The lowest BCUT2D eigenvalue weighted by Gasteiger charge is -2.20. The van der Waals surface area contributed by atoms with Crippen molar-refractivity contribution < 1.29 is 0 Å². The van der Waals surface area contributed by atoms with Crippen LogP contribution in [0.1, 0.15) is 78.6 Å². The highest BCUT2D eigenvalue weighted by Gasteiger charge is 2.29. The Bertz CT molecular complexity index is 183. The van der Waals surface area contributed by atoms with Crippen molar-refractivity contribution >= 4 is 28.9 Å². The second-order valence-corrected chi connectivity index (χ2v) is 13.3. The number of halogens is 2. The predicted octanol–water partition coefficient (Wildman–Crippen LogP) is 7.09. The van der Waals surface area contributed by atoms with Gasteiger partial charge < -0.3 is 0 Å². The van der Waals surface area contributed by atoms with Crippen molar-refractivity contribution in [2.24, 2.45) is 5.92 Å². The highest BCUT2D eigenvalue weighted by molar-refractivity contribution is 7.45. The van der Waals surface area contributed by atoms with Crippen molar-refractivity contribution in [2.75, 3.05) is 0 Å². The molecule has 0 spiro atoms. The van der Waals surface area contributed by atoms with Crippen LogP contribution in [0.2, 0.25) is 12.1 Å². The molecule has 0 N–H and O–H groups in total. The van der Waals surface area contributed by atoms with Crippen LogP contribution in [0.5, 0.6) is 0 Å². The first-order valence-corrected chi connectivity index (χ1v) is 12.3. The van der Waals surface area contributed by atoms with Gasteiger partial charge in [0.2, 0.25) is 0 Å². The van der Waals surface area contributed by atoms with Crippen LogP contribution in [-0.4, -0.2) is 6.69 Å². The van der Waals surface area contributed by atoms with Gasteiger partial charge >= 0.3 is 0 Å². The van der Waals surface area contributed by atoms with E-state index in [0.717, 1.165) is 12.1 Å². The molecule has 0 aromatic carbocycles. The maximum Gasteiger partial charge on any atom is 0.251 e. The van der Waals surface area contributed by atoms with E-state index in [1.54, 1.807) is 0 Å². The highest BCUT2D eigenvalue weighted by atomic mass is 35.7. The molecule has 0 aromatic heterocycles. The molecule has 110 valence electrons. The SMILES string of the molecule is CCCCCCCCCC[Si](Cl)(Cl)CC(C)CC. The lowest BCUT2D eigenvalue weighted by molar-refractivity contribution is 0.582. The van der Waals surface area contributed by atoms with Crippen LogP contribution in [-0.2, 0) is 0 Å². The maximum atomic E-state index is 6.50. The lowest BCUT2D eigenvalue weighted by atomic mass is 10.1. The van der Waals surface area contributed by atoms with Gasteiger partial charge in [-0.25, -0.2) is 0 Å². The van der Waals surface area contributed by atoms with Gasteiger partial charge in [-0.3, -0.25) is 0 Å².